The highest BCUT2D eigenvalue weighted by atomic mass is 19.1. The van der Waals surface area contributed by atoms with Crippen LogP contribution in [0, 0.1) is 11.6 Å². The lowest BCUT2D eigenvalue weighted by molar-refractivity contribution is 0.101. The van der Waals surface area contributed by atoms with Crippen molar-refractivity contribution in [2.24, 2.45) is 7.05 Å². The highest BCUT2D eigenvalue weighted by Crippen LogP contribution is 2.19. The summed E-state index contributed by atoms with van der Waals surface area (Å²) in [6, 6.07) is 3.19. The number of nitrogens with zero attached hydrogens (tertiary/aromatic N) is 2. The monoisotopic (exact) mass is 252 g/mol. The zero-order valence-corrected chi connectivity index (χ0v) is 9.45. The molecule has 0 aliphatic carbocycles. The lowest BCUT2D eigenvalue weighted by Crippen LogP contribution is -2.18. The van der Waals surface area contributed by atoms with Crippen molar-refractivity contribution in [2.75, 3.05) is 11.1 Å². The quantitative estimate of drug-likeness (QED) is 0.851. The molecule has 0 saturated heterocycles. The fourth-order valence-electron chi connectivity index (χ4n) is 1.49. The molecule has 0 aliphatic heterocycles. The van der Waals surface area contributed by atoms with E-state index in [1.54, 1.807) is 7.05 Å². The van der Waals surface area contributed by atoms with Gasteiger partial charge >= 0.3 is 0 Å². The van der Waals surface area contributed by atoms with Crippen LogP contribution in [0.4, 0.5) is 20.3 Å². The third-order valence-corrected chi connectivity index (χ3v) is 2.39. The molecule has 0 saturated carbocycles. The summed E-state index contributed by atoms with van der Waals surface area (Å²) in [4.78, 5) is 11.8. The molecule has 2 aromatic rings. The van der Waals surface area contributed by atoms with Crippen LogP contribution in [-0.4, -0.2) is 15.7 Å². The number of hydrogen-bond donors (Lipinski definition) is 2. The minimum Gasteiger partial charge on any atom is -0.394 e. The van der Waals surface area contributed by atoms with Crippen molar-refractivity contribution in [3.05, 3.63) is 41.6 Å². The fourth-order valence-corrected chi connectivity index (χ4v) is 1.49. The summed E-state index contributed by atoms with van der Waals surface area (Å²) in [6.45, 7) is 0. The van der Waals surface area contributed by atoms with E-state index in [0.717, 1.165) is 12.1 Å². The van der Waals surface area contributed by atoms with Gasteiger partial charge in [-0.15, -0.1) is 0 Å². The Bertz CT molecular complexity index is 569. The van der Waals surface area contributed by atoms with Gasteiger partial charge in [0.2, 0.25) is 0 Å². The molecule has 2 rings (SSSR count). The van der Waals surface area contributed by atoms with Crippen molar-refractivity contribution in [1.29, 1.82) is 0 Å². The van der Waals surface area contributed by atoms with Gasteiger partial charge in [-0.2, -0.15) is 5.10 Å². The normalized spacial score (nSPS) is 10.4. The van der Waals surface area contributed by atoms with Crippen molar-refractivity contribution >= 4 is 17.4 Å². The molecule has 1 amide bonds. The molecule has 0 atom stereocenters. The van der Waals surface area contributed by atoms with Crippen LogP contribution in [0.1, 0.15) is 10.4 Å². The standard InChI is InChI=1S/C11H10F2N4O/c1-17-10(8(14)5-15-17)16-11(18)9-6(12)3-2-4-7(9)13/h2-5H,14H2,1H3,(H,16,18). The van der Waals surface area contributed by atoms with Crippen LogP contribution in [0.5, 0.6) is 0 Å². The minimum atomic E-state index is -0.937. The summed E-state index contributed by atoms with van der Waals surface area (Å²) in [7, 11) is 1.55. The first-order valence-electron chi connectivity index (χ1n) is 5.03. The number of hydrogen-bond acceptors (Lipinski definition) is 3. The number of amides is 1. The van der Waals surface area contributed by atoms with E-state index >= 15 is 0 Å². The molecule has 0 bridgehead atoms. The summed E-state index contributed by atoms with van der Waals surface area (Å²) in [5.74, 6) is -2.61. The molecule has 0 radical (unpaired) electrons. The van der Waals surface area contributed by atoms with Crippen LogP contribution < -0.4 is 11.1 Å². The Morgan fingerprint density at radius 1 is 1.39 bits per heavy atom. The molecule has 5 nitrogen and oxygen atoms in total. The molecule has 0 spiro atoms. The number of carbonyl (C=O) groups excluding carboxylic acids is 1. The Labute approximate surface area is 101 Å². The van der Waals surface area contributed by atoms with Crippen LogP contribution in [0.2, 0.25) is 0 Å². The van der Waals surface area contributed by atoms with Gasteiger partial charge in [0, 0.05) is 7.05 Å². The first-order chi connectivity index (χ1) is 8.50. The fraction of sp³-hybridized carbons (Fsp3) is 0.0909. The van der Waals surface area contributed by atoms with E-state index in [-0.39, 0.29) is 11.5 Å². The van der Waals surface area contributed by atoms with E-state index in [4.69, 9.17) is 5.73 Å². The number of rotatable bonds is 2. The SMILES string of the molecule is Cn1ncc(N)c1NC(=O)c1c(F)cccc1F. The van der Waals surface area contributed by atoms with E-state index in [9.17, 15) is 13.6 Å². The molecule has 3 N–H and O–H groups in total. The van der Waals surface area contributed by atoms with Gasteiger partial charge in [-0.1, -0.05) is 6.07 Å². The molecule has 18 heavy (non-hydrogen) atoms. The van der Waals surface area contributed by atoms with Crippen molar-refractivity contribution in [3.63, 3.8) is 0 Å². The molecule has 0 fully saturated rings. The van der Waals surface area contributed by atoms with Gasteiger partial charge in [-0.05, 0) is 12.1 Å². The van der Waals surface area contributed by atoms with Crippen LogP contribution >= 0.6 is 0 Å². The van der Waals surface area contributed by atoms with E-state index in [2.05, 4.69) is 10.4 Å². The summed E-state index contributed by atoms with van der Waals surface area (Å²) in [5.41, 5.74) is 5.11. The van der Waals surface area contributed by atoms with Gasteiger partial charge in [-0.3, -0.25) is 9.48 Å². The second-order valence-electron chi connectivity index (χ2n) is 3.62. The highest BCUT2D eigenvalue weighted by Gasteiger charge is 2.19. The van der Waals surface area contributed by atoms with E-state index in [1.807, 2.05) is 0 Å². The molecule has 1 aromatic carbocycles. The summed E-state index contributed by atoms with van der Waals surface area (Å²) < 4.78 is 28.0. The van der Waals surface area contributed by atoms with Gasteiger partial charge in [0.25, 0.3) is 5.91 Å². The lowest BCUT2D eigenvalue weighted by atomic mass is 10.2. The number of nitrogen functional groups attached to an aromatic ring is 1. The highest BCUT2D eigenvalue weighted by molar-refractivity contribution is 6.05. The van der Waals surface area contributed by atoms with Crippen molar-refractivity contribution < 1.29 is 13.6 Å². The Morgan fingerprint density at radius 3 is 2.50 bits per heavy atom. The zero-order chi connectivity index (χ0) is 13.3. The van der Waals surface area contributed by atoms with Crippen LogP contribution in [-0.2, 0) is 7.05 Å². The summed E-state index contributed by atoms with van der Waals surface area (Å²) in [6.07, 6.45) is 1.33. The molecule has 0 unspecified atom stereocenters. The summed E-state index contributed by atoms with van der Waals surface area (Å²) in [5, 5.41) is 6.11. The smallest absolute Gasteiger partial charge is 0.262 e. The van der Waals surface area contributed by atoms with Gasteiger partial charge in [-0.25, -0.2) is 8.78 Å². The lowest BCUT2D eigenvalue weighted by Gasteiger charge is -2.07. The average molecular weight is 252 g/mol. The number of nitrogens with one attached hydrogen (secondary N) is 1. The van der Waals surface area contributed by atoms with Crippen LogP contribution in [0.25, 0.3) is 0 Å². The first kappa shape index (κ1) is 12.0. The number of aryl methyl sites for hydroxylation is 1. The van der Waals surface area contributed by atoms with Gasteiger partial charge in [0.05, 0.1) is 11.9 Å². The molecule has 0 aliphatic rings. The molecule has 7 heteroatoms. The van der Waals surface area contributed by atoms with Gasteiger partial charge < -0.3 is 11.1 Å². The second kappa shape index (κ2) is 4.44. The topological polar surface area (TPSA) is 72.9 Å². The van der Waals surface area contributed by atoms with Gasteiger partial charge in [0.1, 0.15) is 17.2 Å². The molecule has 94 valence electrons. The number of halogens is 2. The van der Waals surface area contributed by atoms with Crippen molar-refractivity contribution in [1.82, 2.24) is 9.78 Å². The second-order valence-corrected chi connectivity index (χ2v) is 3.62. The number of benzene rings is 1. The summed E-state index contributed by atoms with van der Waals surface area (Å²) >= 11 is 0. The molecular weight excluding hydrogens is 242 g/mol. The molecule has 1 heterocycles. The third kappa shape index (κ3) is 2.02. The maximum atomic E-state index is 13.4. The van der Waals surface area contributed by atoms with Crippen molar-refractivity contribution in [2.45, 2.75) is 0 Å². The molecule has 1 aromatic heterocycles. The molecular formula is C11H10F2N4O. The number of anilines is 2. The van der Waals surface area contributed by atoms with Crippen molar-refractivity contribution in [3.8, 4) is 0 Å². The van der Waals surface area contributed by atoms with Crippen LogP contribution in [0.15, 0.2) is 24.4 Å². The van der Waals surface area contributed by atoms with Gasteiger partial charge in [0.15, 0.2) is 5.82 Å². The predicted molar refractivity (Wildman–Crippen MR) is 61.9 cm³/mol. The predicted octanol–water partition coefficient (Wildman–Crippen LogP) is 1.53. The largest absolute Gasteiger partial charge is 0.394 e. The third-order valence-electron chi connectivity index (χ3n) is 2.39. The minimum absolute atomic E-state index is 0.183. The Balaban J connectivity index is 2.34. The number of carbonyl (C=O) groups is 1. The maximum Gasteiger partial charge on any atom is 0.262 e. The number of aromatic nitrogens is 2. The maximum absolute atomic E-state index is 13.4. The Morgan fingerprint density at radius 2 is 2.00 bits per heavy atom. The first-order valence-corrected chi connectivity index (χ1v) is 5.03. The van der Waals surface area contributed by atoms with E-state index in [1.165, 1.54) is 16.9 Å². The zero-order valence-electron chi connectivity index (χ0n) is 9.45. The number of nitrogens with two attached hydrogens (primary N) is 1. The van der Waals surface area contributed by atoms with E-state index in [0.29, 0.717) is 0 Å². The Hall–Kier alpha value is -2.44. The van der Waals surface area contributed by atoms with Crippen LogP contribution in [0.3, 0.4) is 0 Å². The average Bonchev–Trinajstić information content (AvgIpc) is 2.60. The van der Waals surface area contributed by atoms with E-state index < -0.39 is 23.1 Å². The Kier molecular flexibility index (Phi) is 2.97.